The van der Waals surface area contributed by atoms with E-state index in [0.717, 1.165) is 0 Å². The quantitative estimate of drug-likeness (QED) is 0.552. The van der Waals surface area contributed by atoms with Crippen molar-refractivity contribution < 1.29 is 40.3 Å². The van der Waals surface area contributed by atoms with E-state index in [1.54, 1.807) is 20.8 Å². The molecule has 0 aliphatic heterocycles. The molecule has 0 aliphatic rings. The highest BCUT2D eigenvalue weighted by Crippen LogP contribution is 2.47. The van der Waals surface area contributed by atoms with Crippen LogP contribution in [-0.2, 0) is 9.53 Å². The second-order valence-corrected chi connectivity index (χ2v) is 6.11. The summed E-state index contributed by atoms with van der Waals surface area (Å²) >= 11 is 0. The molecule has 21 heavy (non-hydrogen) atoms. The van der Waals surface area contributed by atoms with Crippen LogP contribution in [0, 0.1) is 11.3 Å². The summed E-state index contributed by atoms with van der Waals surface area (Å²) in [5.74, 6) is -15.8. The van der Waals surface area contributed by atoms with E-state index in [2.05, 4.69) is 4.74 Å². The van der Waals surface area contributed by atoms with Crippen molar-refractivity contribution in [3.8, 4) is 0 Å². The van der Waals surface area contributed by atoms with E-state index in [9.17, 15) is 35.5 Å². The standard InChI is InChI=1S/C12H17F7O2/c1-7(5-9(2,3)4)6-21-8(20)10(13,14)11(15,16)12(17,18)19/h7H,5-6H2,1-4H3. The van der Waals surface area contributed by atoms with Crippen LogP contribution >= 0.6 is 0 Å². The molecular formula is C12H17F7O2. The van der Waals surface area contributed by atoms with Gasteiger partial charge in [0.15, 0.2) is 0 Å². The van der Waals surface area contributed by atoms with E-state index in [0.29, 0.717) is 6.42 Å². The van der Waals surface area contributed by atoms with Gasteiger partial charge in [0.2, 0.25) is 0 Å². The molecule has 0 saturated carbocycles. The van der Waals surface area contributed by atoms with Crippen LogP contribution in [0.25, 0.3) is 0 Å². The van der Waals surface area contributed by atoms with Crippen molar-refractivity contribution in [3.63, 3.8) is 0 Å². The summed E-state index contributed by atoms with van der Waals surface area (Å²) in [6.45, 7) is 6.24. The molecule has 0 radical (unpaired) electrons. The smallest absolute Gasteiger partial charge is 0.460 e. The molecule has 126 valence electrons. The Balaban J connectivity index is 4.80. The Hall–Kier alpha value is -1.02. The van der Waals surface area contributed by atoms with Crippen LogP contribution in [0.2, 0.25) is 0 Å². The highest BCUT2D eigenvalue weighted by molar-refractivity contribution is 5.79. The summed E-state index contributed by atoms with van der Waals surface area (Å²) in [5.41, 5.74) is -0.246. The Bertz CT molecular complexity index is 369. The SMILES string of the molecule is CC(COC(=O)C(F)(F)C(F)(F)C(F)(F)F)CC(C)(C)C. The minimum absolute atomic E-state index is 0.246. The van der Waals surface area contributed by atoms with Crippen LogP contribution < -0.4 is 0 Å². The molecule has 0 rings (SSSR count). The fourth-order valence-corrected chi connectivity index (χ4v) is 1.72. The largest absolute Gasteiger partial charge is 0.461 e. The third kappa shape index (κ3) is 5.03. The summed E-state index contributed by atoms with van der Waals surface area (Å²) in [7, 11) is 0. The van der Waals surface area contributed by atoms with Gasteiger partial charge in [-0.1, -0.05) is 27.7 Å². The zero-order valence-corrected chi connectivity index (χ0v) is 12.0. The monoisotopic (exact) mass is 326 g/mol. The third-order valence-corrected chi connectivity index (χ3v) is 2.47. The zero-order valence-electron chi connectivity index (χ0n) is 12.0. The lowest BCUT2D eigenvalue weighted by Gasteiger charge is -2.27. The van der Waals surface area contributed by atoms with E-state index in [1.807, 2.05) is 0 Å². The van der Waals surface area contributed by atoms with Crippen LogP contribution in [0.5, 0.6) is 0 Å². The summed E-state index contributed by atoms with van der Waals surface area (Å²) < 4.78 is 90.6. The van der Waals surface area contributed by atoms with Gasteiger partial charge < -0.3 is 4.74 Å². The van der Waals surface area contributed by atoms with E-state index in [4.69, 9.17) is 0 Å². The van der Waals surface area contributed by atoms with Crippen LogP contribution in [0.3, 0.4) is 0 Å². The average Bonchev–Trinajstić information content (AvgIpc) is 2.21. The number of carbonyl (C=O) groups excluding carboxylic acids is 1. The lowest BCUT2D eigenvalue weighted by Crippen LogP contribution is -2.56. The van der Waals surface area contributed by atoms with Gasteiger partial charge in [-0.2, -0.15) is 30.7 Å². The summed E-state index contributed by atoms with van der Waals surface area (Å²) in [6.07, 6.45) is -6.14. The minimum Gasteiger partial charge on any atom is -0.461 e. The van der Waals surface area contributed by atoms with Gasteiger partial charge in [0.1, 0.15) is 0 Å². The highest BCUT2D eigenvalue weighted by atomic mass is 19.4. The predicted molar refractivity (Wildman–Crippen MR) is 60.1 cm³/mol. The van der Waals surface area contributed by atoms with Gasteiger partial charge in [-0.15, -0.1) is 0 Å². The van der Waals surface area contributed by atoms with Gasteiger partial charge in [-0.05, 0) is 17.8 Å². The number of ether oxygens (including phenoxy) is 1. The van der Waals surface area contributed by atoms with Gasteiger partial charge in [0.05, 0.1) is 6.61 Å². The molecule has 0 N–H and O–H groups in total. The maximum Gasteiger partial charge on any atom is 0.460 e. The van der Waals surface area contributed by atoms with Crippen molar-refractivity contribution in [2.45, 2.75) is 52.1 Å². The van der Waals surface area contributed by atoms with Crippen molar-refractivity contribution in [3.05, 3.63) is 0 Å². The summed E-state index contributed by atoms with van der Waals surface area (Å²) in [6, 6.07) is 0. The highest BCUT2D eigenvalue weighted by Gasteiger charge is 2.77. The predicted octanol–water partition coefficient (Wildman–Crippen LogP) is 4.43. The number of esters is 1. The Labute approximate surface area is 117 Å². The molecule has 0 spiro atoms. The summed E-state index contributed by atoms with van der Waals surface area (Å²) in [5, 5.41) is 0. The second kappa shape index (κ2) is 6.00. The lowest BCUT2D eigenvalue weighted by atomic mass is 9.86. The van der Waals surface area contributed by atoms with Crippen LogP contribution in [-0.4, -0.2) is 30.6 Å². The maximum absolute atomic E-state index is 12.9. The minimum atomic E-state index is -6.55. The summed E-state index contributed by atoms with van der Waals surface area (Å²) in [4.78, 5) is 10.9. The Kier molecular flexibility index (Phi) is 5.71. The number of hydrogen-bond donors (Lipinski definition) is 0. The molecule has 0 fully saturated rings. The fraction of sp³-hybridized carbons (Fsp3) is 0.917. The van der Waals surface area contributed by atoms with Crippen molar-refractivity contribution in [2.75, 3.05) is 6.61 Å². The topological polar surface area (TPSA) is 26.3 Å². The molecular weight excluding hydrogens is 309 g/mol. The first-order valence-corrected chi connectivity index (χ1v) is 6.02. The third-order valence-electron chi connectivity index (χ3n) is 2.47. The van der Waals surface area contributed by atoms with Gasteiger partial charge in [-0.25, -0.2) is 4.79 Å². The van der Waals surface area contributed by atoms with Crippen LogP contribution in [0.1, 0.15) is 34.1 Å². The molecule has 0 aromatic rings. The first kappa shape index (κ1) is 20.0. The normalized spacial score (nSPS) is 15.8. The molecule has 1 atom stereocenters. The van der Waals surface area contributed by atoms with Crippen molar-refractivity contribution in [1.29, 1.82) is 0 Å². The van der Waals surface area contributed by atoms with Crippen molar-refractivity contribution >= 4 is 5.97 Å². The van der Waals surface area contributed by atoms with Gasteiger partial charge >= 0.3 is 24.0 Å². The Morgan fingerprint density at radius 1 is 1.00 bits per heavy atom. The van der Waals surface area contributed by atoms with Crippen molar-refractivity contribution in [2.24, 2.45) is 11.3 Å². The fourth-order valence-electron chi connectivity index (χ4n) is 1.72. The van der Waals surface area contributed by atoms with Crippen molar-refractivity contribution in [1.82, 2.24) is 0 Å². The number of alkyl halides is 7. The number of rotatable bonds is 5. The molecule has 0 aromatic heterocycles. The lowest BCUT2D eigenvalue weighted by molar-refractivity contribution is -0.348. The first-order valence-electron chi connectivity index (χ1n) is 6.02. The van der Waals surface area contributed by atoms with Crippen LogP contribution in [0.15, 0.2) is 0 Å². The number of hydrogen-bond acceptors (Lipinski definition) is 2. The maximum atomic E-state index is 12.9. The molecule has 0 heterocycles. The average molecular weight is 326 g/mol. The van der Waals surface area contributed by atoms with E-state index < -0.39 is 36.5 Å². The molecule has 0 saturated heterocycles. The molecule has 2 nitrogen and oxygen atoms in total. The van der Waals surface area contributed by atoms with Gasteiger partial charge in [-0.3, -0.25) is 0 Å². The van der Waals surface area contributed by atoms with Gasteiger partial charge in [0, 0.05) is 0 Å². The first-order chi connectivity index (χ1) is 9.02. The molecule has 1 unspecified atom stereocenters. The Morgan fingerprint density at radius 3 is 1.76 bits per heavy atom. The van der Waals surface area contributed by atoms with E-state index in [-0.39, 0.29) is 5.41 Å². The van der Waals surface area contributed by atoms with E-state index in [1.165, 1.54) is 6.92 Å². The van der Waals surface area contributed by atoms with E-state index >= 15 is 0 Å². The number of halogens is 7. The molecule has 0 aromatic carbocycles. The molecule has 9 heteroatoms. The molecule has 0 aliphatic carbocycles. The van der Waals surface area contributed by atoms with Gasteiger partial charge in [0.25, 0.3) is 0 Å². The molecule has 0 bridgehead atoms. The Morgan fingerprint density at radius 2 is 1.43 bits per heavy atom. The second-order valence-electron chi connectivity index (χ2n) is 6.11. The zero-order chi connectivity index (χ0) is 17.3. The van der Waals surface area contributed by atoms with Crippen LogP contribution in [0.4, 0.5) is 30.7 Å². The number of carbonyl (C=O) groups is 1. The molecule has 0 amide bonds.